The molecule has 0 radical (unpaired) electrons. The van der Waals surface area contributed by atoms with Gasteiger partial charge >= 0.3 is 6.09 Å². The average molecular weight is 483 g/mol. The van der Waals surface area contributed by atoms with Crippen molar-refractivity contribution in [2.75, 3.05) is 13.2 Å². The van der Waals surface area contributed by atoms with Gasteiger partial charge in [0.2, 0.25) is 5.91 Å². The van der Waals surface area contributed by atoms with Crippen LogP contribution in [-0.2, 0) is 16.1 Å². The first-order chi connectivity index (χ1) is 16.0. The number of carbonyl (C=O) groups excluding carboxylic acids is 2. The third-order valence-electron chi connectivity index (χ3n) is 8.06. The number of hydrogen-bond donors (Lipinski definition) is 4. The molecular formula is C25H36F2N2O5. The number of rotatable bonds is 7. The summed E-state index contributed by atoms with van der Waals surface area (Å²) in [5.41, 5.74) is -0.861. The van der Waals surface area contributed by atoms with Crippen molar-refractivity contribution >= 4 is 12.0 Å². The minimum Gasteiger partial charge on any atom is -0.446 e. The third-order valence-corrected chi connectivity index (χ3v) is 8.06. The molecule has 9 heteroatoms. The average Bonchev–Trinajstić information content (AvgIpc) is 2.76. The molecule has 3 rings (SSSR count). The predicted molar refractivity (Wildman–Crippen MR) is 122 cm³/mol. The van der Waals surface area contributed by atoms with Crippen LogP contribution in [0.15, 0.2) is 18.2 Å². The van der Waals surface area contributed by atoms with Crippen LogP contribution in [-0.4, -0.2) is 47.6 Å². The first-order valence-corrected chi connectivity index (χ1v) is 12.0. The number of alkyl carbamates (subject to hydrolysis) is 1. The number of carbonyl (C=O) groups is 2. The van der Waals surface area contributed by atoms with E-state index in [-0.39, 0.29) is 37.3 Å². The van der Waals surface area contributed by atoms with Crippen molar-refractivity contribution in [1.29, 1.82) is 0 Å². The van der Waals surface area contributed by atoms with Crippen LogP contribution in [0.2, 0.25) is 0 Å². The Kier molecular flexibility index (Phi) is 8.18. The van der Waals surface area contributed by atoms with Crippen LogP contribution in [0.3, 0.4) is 0 Å². The number of aliphatic hydroxyl groups excluding tert-OH is 2. The Hall–Kier alpha value is -2.26. The van der Waals surface area contributed by atoms with Crippen molar-refractivity contribution in [3.63, 3.8) is 0 Å². The highest BCUT2D eigenvalue weighted by Crippen LogP contribution is 2.61. The molecule has 1 aromatic rings. The van der Waals surface area contributed by atoms with Gasteiger partial charge in [0, 0.05) is 31.0 Å². The van der Waals surface area contributed by atoms with E-state index in [1.165, 1.54) is 12.1 Å². The zero-order valence-corrected chi connectivity index (χ0v) is 20.1. The topological polar surface area (TPSA) is 108 Å². The highest BCUT2D eigenvalue weighted by atomic mass is 19.1. The first-order valence-electron chi connectivity index (χ1n) is 12.0. The second-order valence-corrected chi connectivity index (χ2v) is 10.2. The molecule has 0 unspecified atom stereocenters. The predicted octanol–water partition coefficient (Wildman–Crippen LogP) is 3.27. The molecule has 0 saturated heterocycles. The number of amides is 2. The van der Waals surface area contributed by atoms with Gasteiger partial charge in [-0.25, -0.2) is 13.6 Å². The van der Waals surface area contributed by atoms with E-state index in [4.69, 9.17) is 4.74 Å². The maximum Gasteiger partial charge on any atom is 0.407 e. The fraction of sp³-hybridized carbons (Fsp3) is 0.680. The number of halogens is 2. The number of nitrogens with one attached hydrogen (secondary N) is 2. The maximum atomic E-state index is 13.4. The van der Waals surface area contributed by atoms with Gasteiger partial charge in [-0.15, -0.1) is 0 Å². The Bertz CT molecular complexity index is 880. The van der Waals surface area contributed by atoms with E-state index in [1.807, 2.05) is 13.8 Å². The lowest BCUT2D eigenvalue weighted by Gasteiger charge is -2.60. The Morgan fingerprint density at radius 1 is 1.12 bits per heavy atom. The molecule has 190 valence electrons. The Balaban J connectivity index is 1.73. The third kappa shape index (κ3) is 5.35. The summed E-state index contributed by atoms with van der Waals surface area (Å²) in [6, 6.07) is 3.10. The van der Waals surface area contributed by atoms with Gasteiger partial charge < -0.3 is 25.6 Å². The largest absolute Gasteiger partial charge is 0.446 e. The van der Waals surface area contributed by atoms with Gasteiger partial charge in [0.15, 0.2) is 0 Å². The molecule has 0 heterocycles. The lowest BCUT2D eigenvalue weighted by molar-refractivity contribution is -0.185. The number of benzene rings is 1. The highest BCUT2D eigenvalue weighted by Gasteiger charge is 2.60. The van der Waals surface area contributed by atoms with E-state index >= 15 is 0 Å². The second-order valence-electron chi connectivity index (χ2n) is 10.2. The van der Waals surface area contributed by atoms with E-state index in [9.17, 15) is 28.6 Å². The van der Waals surface area contributed by atoms with Gasteiger partial charge in [0.1, 0.15) is 17.7 Å². The van der Waals surface area contributed by atoms with Gasteiger partial charge in [-0.05, 0) is 67.6 Å². The van der Waals surface area contributed by atoms with Gasteiger partial charge in [-0.1, -0.05) is 13.8 Å². The van der Waals surface area contributed by atoms with Crippen molar-refractivity contribution in [2.45, 2.75) is 71.6 Å². The van der Waals surface area contributed by atoms with Crippen LogP contribution in [0.4, 0.5) is 13.6 Å². The van der Waals surface area contributed by atoms with E-state index in [0.29, 0.717) is 37.8 Å². The number of hydrogen-bond acceptors (Lipinski definition) is 5. The number of aliphatic hydroxyl groups is 2. The SMILES string of the molecule is CCNC(=O)O[C@H]1CC[C@@]2(C)[C@H](CC[C@@H](O)[C@H]2CC(=O)NCc2cc(F)cc(F)c2)[C@]1(C)CO. The Morgan fingerprint density at radius 2 is 1.79 bits per heavy atom. The van der Waals surface area contributed by atoms with Crippen LogP contribution < -0.4 is 10.6 Å². The van der Waals surface area contributed by atoms with Crippen molar-refractivity contribution in [3.05, 3.63) is 35.4 Å². The molecule has 2 saturated carbocycles. The zero-order valence-electron chi connectivity index (χ0n) is 20.1. The minimum atomic E-state index is -0.716. The molecule has 4 N–H and O–H groups in total. The molecule has 6 atom stereocenters. The molecular weight excluding hydrogens is 446 g/mol. The molecule has 2 amide bonds. The summed E-state index contributed by atoms with van der Waals surface area (Å²) in [5, 5.41) is 26.6. The van der Waals surface area contributed by atoms with Crippen molar-refractivity contribution < 1.29 is 33.3 Å². The number of ether oxygens (including phenoxy) is 1. The van der Waals surface area contributed by atoms with E-state index in [2.05, 4.69) is 10.6 Å². The van der Waals surface area contributed by atoms with Crippen LogP contribution in [0, 0.1) is 34.3 Å². The molecule has 0 spiro atoms. The molecule has 2 aliphatic rings. The van der Waals surface area contributed by atoms with E-state index in [1.54, 1.807) is 6.92 Å². The molecule has 1 aromatic carbocycles. The monoisotopic (exact) mass is 482 g/mol. The molecule has 2 fully saturated rings. The highest BCUT2D eigenvalue weighted by molar-refractivity contribution is 5.76. The van der Waals surface area contributed by atoms with Gasteiger partial charge in [-0.2, -0.15) is 0 Å². The van der Waals surface area contributed by atoms with Crippen molar-refractivity contribution in [2.24, 2.45) is 22.7 Å². The smallest absolute Gasteiger partial charge is 0.407 e. The van der Waals surface area contributed by atoms with Crippen LogP contribution in [0.5, 0.6) is 0 Å². The minimum absolute atomic E-state index is 0.0206. The fourth-order valence-corrected chi connectivity index (χ4v) is 6.28. The van der Waals surface area contributed by atoms with Gasteiger partial charge in [0.25, 0.3) is 0 Å². The van der Waals surface area contributed by atoms with Crippen LogP contribution in [0.25, 0.3) is 0 Å². The first kappa shape index (κ1) is 26.3. The zero-order chi connectivity index (χ0) is 25.1. The molecule has 0 aromatic heterocycles. The van der Waals surface area contributed by atoms with Gasteiger partial charge in [0.05, 0.1) is 12.7 Å². The fourth-order valence-electron chi connectivity index (χ4n) is 6.28. The standard InChI is InChI=1S/C25H36F2N2O5/c1-4-28-23(33)34-21-7-8-24(2)18(19(31)5-6-20(24)25(21,3)14-30)12-22(32)29-13-15-9-16(26)11-17(27)10-15/h9-11,18-21,30-31H,4-8,12-14H2,1-3H3,(H,28,33)(H,29,32)/t18-,19-,20+,21+,24-,25+/m1/s1. The second kappa shape index (κ2) is 10.6. The lowest BCUT2D eigenvalue weighted by Crippen LogP contribution is -2.61. The molecule has 0 aliphatic heterocycles. The normalized spacial score (nSPS) is 33.0. The Labute approximate surface area is 199 Å². The molecule has 0 bridgehead atoms. The van der Waals surface area contributed by atoms with Crippen molar-refractivity contribution in [1.82, 2.24) is 10.6 Å². The van der Waals surface area contributed by atoms with Gasteiger partial charge in [-0.3, -0.25) is 4.79 Å². The summed E-state index contributed by atoms with van der Waals surface area (Å²) in [6.07, 6.45) is 0.612. The van der Waals surface area contributed by atoms with Crippen molar-refractivity contribution in [3.8, 4) is 0 Å². The summed E-state index contributed by atoms with van der Waals surface area (Å²) < 4.78 is 32.5. The summed E-state index contributed by atoms with van der Waals surface area (Å²) in [6.45, 7) is 5.98. The number of fused-ring (bicyclic) bond motifs is 1. The summed E-state index contributed by atoms with van der Waals surface area (Å²) >= 11 is 0. The quantitative estimate of drug-likeness (QED) is 0.477. The summed E-state index contributed by atoms with van der Waals surface area (Å²) in [5.74, 6) is -2.18. The summed E-state index contributed by atoms with van der Waals surface area (Å²) in [4.78, 5) is 24.9. The summed E-state index contributed by atoms with van der Waals surface area (Å²) in [7, 11) is 0. The maximum absolute atomic E-state index is 13.4. The van der Waals surface area contributed by atoms with Crippen LogP contribution in [0.1, 0.15) is 58.4 Å². The Morgan fingerprint density at radius 3 is 2.41 bits per heavy atom. The lowest BCUT2D eigenvalue weighted by atomic mass is 9.46. The van der Waals surface area contributed by atoms with Crippen LogP contribution >= 0.6 is 0 Å². The van der Waals surface area contributed by atoms with E-state index in [0.717, 1.165) is 6.07 Å². The molecule has 34 heavy (non-hydrogen) atoms. The van der Waals surface area contributed by atoms with E-state index < -0.39 is 40.8 Å². The molecule has 7 nitrogen and oxygen atoms in total. The molecule has 2 aliphatic carbocycles.